The van der Waals surface area contributed by atoms with E-state index >= 15 is 0 Å². The van der Waals surface area contributed by atoms with E-state index in [0.717, 1.165) is 6.54 Å². The summed E-state index contributed by atoms with van der Waals surface area (Å²) in [6.07, 6.45) is 0. The van der Waals surface area contributed by atoms with E-state index in [4.69, 9.17) is 16.3 Å². The molecule has 2 N–H and O–H groups in total. The van der Waals surface area contributed by atoms with Crippen LogP contribution >= 0.6 is 11.6 Å². The van der Waals surface area contributed by atoms with Crippen LogP contribution in [0.25, 0.3) is 0 Å². The Morgan fingerprint density at radius 1 is 1.28 bits per heavy atom. The third-order valence-corrected chi connectivity index (χ3v) is 2.38. The fourth-order valence-electron chi connectivity index (χ4n) is 1.17. The summed E-state index contributed by atoms with van der Waals surface area (Å²) < 4.78 is 5.32. The van der Waals surface area contributed by atoms with Crippen molar-refractivity contribution in [3.05, 3.63) is 29.3 Å². The number of rotatable bonds is 6. The van der Waals surface area contributed by atoms with Gasteiger partial charge in [0.15, 0.2) is 6.73 Å². The van der Waals surface area contributed by atoms with E-state index in [-0.39, 0.29) is 12.8 Å². The second-order valence-corrected chi connectivity index (χ2v) is 4.41. The Bertz CT molecular complexity index is 368. The fourth-order valence-corrected chi connectivity index (χ4v) is 1.30. The number of carbonyl (C=O) groups excluding carboxylic acids is 1. The van der Waals surface area contributed by atoms with E-state index in [0.29, 0.717) is 17.3 Å². The SMILES string of the molecule is CN(C)CCNC(=O)NCOc1ccc(Cl)cc1. The topological polar surface area (TPSA) is 53.6 Å². The number of amides is 2. The van der Waals surface area contributed by atoms with Crippen molar-refractivity contribution < 1.29 is 9.53 Å². The molecule has 100 valence electrons. The van der Waals surface area contributed by atoms with Crippen LogP contribution < -0.4 is 15.4 Å². The summed E-state index contributed by atoms with van der Waals surface area (Å²) in [6, 6.07) is 6.70. The van der Waals surface area contributed by atoms with Crippen LogP contribution in [0.15, 0.2) is 24.3 Å². The number of ether oxygens (including phenoxy) is 1. The molecule has 0 aliphatic heterocycles. The molecule has 0 bridgehead atoms. The minimum absolute atomic E-state index is 0.120. The normalized spacial score (nSPS) is 10.2. The van der Waals surface area contributed by atoms with Gasteiger partial charge in [-0.15, -0.1) is 0 Å². The Hall–Kier alpha value is -1.46. The average molecular weight is 272 g/mol. The quantitative estimate of drug-likeness (QED) is 0.772. The molecule has 6 heteroatoms. The predicted molar refractivity (Wildman–Crippen MR) is 72.0 cm³/mol. The Morgan fingerprint density at radius 3 is 2.56 bits per heavy atom. The second-order valence-electron chi connectivity index (χ2n) is 3.98. The lowest BCUT2D eigenvalue weighted by Crippen LogP contribution is -2.40. The van der Waals surface area contributed by atoms with Crippen molar-refractivity contribution in [3.8, 4) is 5.75 Å². The number of carbonyl (C=O) groups is 1. The summed E-state index contributed by atoms with van der Waals surface area (Å²) in [4.78, 5) is 13.3. The summed E-state index contributed by atoms with van der Waals surface area (Å²) in [5.41, 5.74) is 0. The lowest BCUT2D eigenvalue weighted by molar-refractivity contribution is 0.223. The van der Waals surface area contributed by atoms with Gasteiger partial charge in [-0.1, -0.05) is 11.6 Å². The number of benzene rings is 1. The van der Waals surface area contributed by atoms with Gasteiger partial charge in [-0.2, -0.15) is 0 Å². The van der Waals surface area contributed by atoms with Crippen molar-refractivity contribution in [2.75, 3.05) is 33.9 Å². The predicted octanol–water partition coefficient (Wildman–Crippen LogP) is 1.54. The van der Waals surface area contributed by atoms with Gasteiger partial charge in [-0.25, -0.2) is 4.79 Å². The van der Waals surface area contributed by atoms with Crippen molar-refractivity contribution >= 4 is 17.6 Å². The zero-order chi connectivity index (χ0) is 13.4. The first-order valence-electron chi connectivity index (χ1n) is 5.63. The van der Waals surface area contributed by atoms with Gasteiger partial charge < -0.3 is 20.3 Å². The minimum Gasteiger partial charge on any atom is -0.473 e. The van der Waals surface area contributed by atoms with Gasteiger partial charge in [-0.05, 0) is 38.4 Å². The van der Waals surface area contributed by atoms with Gasteiger partial charge in [0.25, 0.3) is 0 Å². The molecule has 0 aromatic heterocycles. The molecule has 5 nitrogen and oxygen atoms in total. The van der Waals surface area contributed by atoms with E-state index in [1.165, 1.54) is 0 Å². The Kier molecular flexibility index (Phi) is 6.32. The van der Waals surface area contributed by atoms with Crippen molar-refractivity contribution in [2.24, 2.45) is 0 Å². The monoisotopic (exact) mass is 271 g/mol. The highest BCUT2D eigenvalue weighted by molar-refractivity contribution is 6.30. The Labute approximate surface area is 112 Å². The molecule has 1 aromatic rings. The maximum absolute atomic E-state index is 11.3. The number of nitrogens with one attached hydrogen (secondary N) is 2. The molecule has 0 atom stereocenters. The first-order chi connectivity index (χ1) is 8.58. The summed E-state index contributed by atoms with van der Waals surface area (Å²) in [7, 11) is 3.90. The fraction of sp³-hybridized carbons (Fsp3) is 0.417. The van der Waals surface area contributed by atoms with Crippen LogP contribution in [0, 0.1) is 0 Å². The Balaban J connectivity index is 2.13. The molecule has 0 unspecified atom stereocenters. The van der Waals surface area contributed by atoms with Gasteiger partial charge in [0.2, 0.25) is 0 Å². The first kappa shape index (κ1) is 14.6. The summed E-state index contributed by atoms with van der Waals surface area (Å²) in [5, 5.41) is 5.96. The smallest absolute Gasteiger partial charge is 0.317 e. The van der Waals surface area contributed by atoms with Crippen LogP contribution in [0.2, 0.25) is 5.02 Å². The summed E-state index contributed by atoms with van der Waals surface area (Å²) >= 11 is 5.74. The molecule has 0 saturated heterocycles. The molecule has 2 amide bonds. The van der Waals surface area contributed by atoms with Crippen LogP contribution in [-0.2, 0) is 0 Å². The van der Waals surface area contributed by atoms with Gasteiger partial charge >= 0.3 is 6.03 Å². The average Bonchev–Trinajstić information content (AvgIpc) is 2.31. The molecule has 0 spiro atoms. The minimum atomic E-state index is -0.245. The van der Waals surface area contributed by atoms with Gasteiger partial charge in [0.1, 0.15) is 5.75 Å². The molecule has 0 fully saturated rings. The number of nitrogens with zero attached hydrogens (tertiary/aromatic N) is 1. The molecule has 0 heterocycles. The second kappa shape index (κ2) is 7.79. The van der Waals surface area contributed by atoms with E-state index in [1.54, 1.807) is 24.3 Å². The number of halogens is 1. The summed E-state index contributed by atoms with van der Waals surface area (Å²) in [5.74, 6) is 0.660. The van der Waals surface area contributed by atoms with E-state index in [9.17, 15) is 4.79 Å². The van der Waals surface area contributed by atoms with E-state index in [1.807, 2.05) is 19.0 Å². The van der Waals surface area contributed by atoms with Crippen LogP contribution in [0.5, 0.6) is 5.75 Å². The molecular weight excluding hydrogens is 254 g/mol. The molecule has 0 aliphatic carbocycles. The maximum Gasteiger partial charge on any atom is 0.317 e. The largest absolute Gasteiger partial charge is 0.473 e. The third kappa shape index (κ3) is 6.32. The lowest BCUT2D eigenvalue weighted by atomic mass is 10.3. The standard InChI is InChI=1S/C12H18ClN3O2/c1-16(2)8-7-14-12(17)15-9-18-11-5-3-10(13)4-6-11/h3-6H,7-9H2,1-2H3,(H2,14,15,17). The lowest BCUT2D eigenvalue weighted by Gasteiger charge is -2.11. The number of hydrogen-bond acceptors (Lipinski definition) is 3. The third-order valence-electron chi connectivity index (χ3n) is 2.13. The molecule has 0 radical (unpaired) electrons. The number of likely N-dealkylation sites (N-methyl/N-ethyl adjacent to an activating group) is 1. The zero-order valence-corrected chi connectivity index (χ0v) is 11.3. The zero-order valence-electron chi connectivity index (χ0n) is 10.6. The molecule has 18 heavy (non-hydrogen) atoms. The highest BCUT2D eigenvalue weighted by Gasteiger charge is 1.99. The van der Waals surface area contributed by atoms with Crippen molar-refractivity contribution in [1.82, 2.24) is 15.5 Å². The van der Waals surface area contributed by atoms with Gasteiger partial charge in [0, 0.05) is 18.1 Å². The molecular formula is C12H18ClN3O2. The molecule has 0 saturated carbocycles. The van der Waals surface area contributed by atoms with Crippen LogP contribution in [0.4, 0.5) is 4.79 Å². The maximum atomic E-state index is 11.3. The van der Waals surface area contributed by atoms with Crippen molar-refractivity contribution in [2.45, 2.75) is 0 Å². The van der Waals surface area contributed by atoms with Crippen molar-refractivity contribution in [1.29, 1.82) is 0 Å². The first-order valence-corrected chi connectivity index (χ1v) is 6.00. The molecule has 1 aromatic carbocycles. The van der Waals surface area contributed by atoms with E-state index < -0.39 is 0 Å². The van der Waals surface area contributed by atoms with E-state index in [2.05, 4.69) is 10.6 Å². The summed E-state index contributed by atoms with van der Waals surface area (Å²) in [6.45, 7) is 1.51. The van der Waals surface area contributed by atoms with Gasteiger partial charge in [0.05, 0.1) is 0 Å². The molecule has 0 aliphatic rings. The van der Waals surface area contributed by atoms with Crippen LogP contribution in [0.3, 0.4) is 0 Å². The van der Waals surface area contributed by atoms with Crippen LogP contribution in [0.1, 0.15) is 0 Å². The van der Waals surface area contributed by atoms with Crippen LogP contribution in [-0.4, -0.2) is 44.8 Å². The van der Waals surface area contributed by atoms with Gasteiger partial charge in [-0.3, -0.25) is 0 Å². The number of hydrogen-bond donors (Lipinski definition) is 2. The van der Waals surface area contributed by atoms with Crippen molar-refractivity contribution in [3.63, 3.8) is 0 Å². The Morgan fingerprint density at radius 2 is 1.94 bits per heavy atom. The number of urea groups is 1. The molecule has 1 rings (SSSR count). The highest BCUT2D eigenvalue weighted by atomic mass is 35.5. The highest BCUT2D eigenvalue weighted by Crippen LogP contribution is 2.14.